The van der Waals surface area contributed by atoms with Gasteiger partial charge in [-0.3, -0.25) is 0 Å². The molecule has 1 radical (unpaired) electrons. The first-order valence-corrected chi connectivity index (χ1v) is 4.92. The normalized spacial score (nSPS) is 10.0. The summed E-state index contributed by atoms with van der Waals surface area (Å²) in [5, 5.41) is 10.1. The summed E-state index contributed by atoms with van der Waals surface area (Å²) < 4.78 is 0. The molecule has 0 saturated heterocycles. The van der Waals surface area contributed by atoms with Crippen LogP contribution >= 0.6 is 0 Å². The van der Waals surface area contributed by atoms with Gasteiger partial charge in [0.15, 0.2) is 0 Å². The van der Waals surface area contributed by atoms with Gasteiger partial charge in [-0.25, -0.2) is 0 Å². The summed E-state index contributed by atoms with van der Waals surface area (Å²) in [6.45, 7) is 3.28. The fourth-order valence-corrected chi connectivity index (χ4v) is 1.59. The third-order valence-electron chi connectivity index (χ3n) is 2.38. The summed E-state index contributed by atoms with van der Waals surface area (Å²) in [5.74, 6) is 0. The Morgan fingerprint density at radius 3 is 2.20 bits per heavy atom. The van der Waals surface area contributed by atoms with Crippen LogP contribution in [0.25, 0.3) is 0 Å². The Hall–Kier alpha value is -1.54. The van der Waals surface area contributed by atoms with Crippen LogP contribution in [-0.2, 0) is 0 Å². The molecule has 2 aromatic carbocycles. The molecule has 0 aromatic heterocycles. The third-order valence-corrected chi connectivity index (χ3v) is 2.38. The molecule has 0 spiro atoms. The van der Waals surface area contributed by atoms with Gasteiger partial charge in [0.1, 0.15) is 0 Å². The van der Waals surface area contributed by atoms with E-state index in [-0.39, 0.29) is 0 Å². The molecule has 2 rings (SSSR count). The average molecular weight is 195 g/mol. The quantitative estimate of drug-likeness (QED) is 0.707. The second-order valence-electron chi connectivity index (χ2n) is 3.56. The maximum Gasteiger partial charge on any atom is 0.358 e. The van der Waals surface area contributed by atoms with E-state index >= 15 is 0 Å². The predicted octanol–water partition coefficient (Wildman–Crippen LogP) is 0.967. The Morgan fingerprint density at radius 1 is 0.867 bits per heavy atom. The van der Waals surface area contributed by atoms with Crippen LogP contribution in [0.15, 0.2) is 54.6 Å². The lowest BCUT2D eigenvalue weighted by molar-refractivity contribution is 0.600. The number of rotatable bonds is 2. The van der Waals surface area contributed by atoms with Crippen molar-refractivity contribution in [2.45, 2.75) is 0 Å². The summed E-state index contributed by atoms with van der Waals surface area (Å²) in [6.07, 6.45) is 0. The van der Waals surface area contributed by atoms with E-state index in [0.29, 0.717) is 0 Å². The number of hydrogen-bond donors (Lipinski definition) is 1. The Balaban J connectivity index is 2.32. The second kappa shape index (κ2) is 4.32. The fourth-order valence-electron chi connectivity index (χ4n) is 1.59. The minimum atomic E-state index is -0.562. The van der Waals surface area contributed by atoms with E-state index in [9.17, 15) is 5.02 Å². The van der Waals surface area contributed by atoms with Crippen LogP contribution < -0.4 is 10.9 Å². The van der Waals surface area contributed by atoms with Crippen LogP contribution in [0.1, 0.15) is 5.56 Å². The highest BCUT2D eigenvalue weighted by molar-refractivity contribution is 6.78. The summed E-state index contributed by atoms with van der Waals surface area (Å²) in [7, 11) is 0. The molecule has 15 heavy (non-hydrogen) atoms. The molecule has 0 aliphatic carbocycles. The molecule has 0 bridgehead atoms. The number of hydrogen-bond acceptors (Lipinski definition) is 1. The molecule has 0 aliphatic rings. The van der Waals surface area contributed by atoms with Gasteiger partial charge in [-0.05, 0) is 23.4 Å². The Bertz CT molecular complexity index is 439. The van der Waals surface area contributed by atoms with E-state index in [2.05, 4.69) is 6.92 Å². The van der Waals surface area contributed by atoms with Gasteiger partial charge in [-0.1, -0.05) is 54.6 Å². The topological polar surface area (TPSA) is 20.2 Å². The van der Waals surface area contributed by atoms with Gasteiger partial charge < -0.3 is 5.02 Å². The van der Waals surface area contributed by atoms with Crippen molar-refractivity contribution < 1.29 is 5.02 Å². The van der Waals surface area contributed by atoms with Crippen molar-refractivity contribution in [3.8, 4) is 0 Å². The smallest absolute Gasteiger partial charge is 0.358 e. The molecule has 1 nitrogen and oxygen atoms in total. The van der Waals surface area contributed by atoms with Crippen molar-refractivity contribution in [3.05, 3.63) is 67.1 Å². The maximum absolute atomic E-state index is 10.1. The first-order chi connectivity index (χ1) is 7.27. The van der Waals surface area contributed by atoms with E-state index in [4.69, 9.17) is 0 Å². The summed E-state index contributed by atoms with van der Waals surface area (Å²) >= 11 is 0. The van der Waals surface area contributed by atoms with Crippen LogP contribution in [0.4, 0.5) is 0 Å². The van der Waals surface area contributed by atoms with E-state index < -0.39 is 6.92 Å². The van der Waals surface area contributed by atoms with Crippen molar-refractivity contribution in [2.75, 3.05) is 0 Å². The van der Waals surface area contributed by atoms with E-state index in [1.54, 1.807) is 0 Å². The van der Waals surface area contributed by atoms with Gasteiger partial charge in [0, 0.05) is 0 Å². The monoisotopic (exact) mass is 195 g/mol. The lowest BCUT2D eigenvalue weighted by atomic mass is 9.56. The Labute approximate surface area is 90.5 Å². The summed E-state index contributed by atoms with van der Waals surface area (Å²) in [6, 6.07) is 17.3. The van der Waals surface area contributed by atoms with Gasteiger partial charge in [-0.15, -0.1) is 0 Å². The minimum Gasteiger partial charge on any atom is -0.443 e. The molecular formula is C13H12BO. The largest absolute Gasteiger partial charge is 0.443 e. The molecule has 0 atom stereocenters. The molecule has 0 fully saturated rings. The number of benzene rings is 2. The zero-order valence-corrected chi connectivity index (χ0v) is 8.43. The first-order valence-electron chi connectivity index (χ1n) is 4.92. The Kier molecular flexibility index (Phi) is 2.88. The standard InChI is InChI=1S/C13H12BO/c1-11-6-5-9-13(10-11)14(15)12-7-3-2-4-8-12/h2-10,15H,1H2. The molecule has 0 heterocycles. The highest BCUT2D eigenvalue weighted by Gasteiger charge is 2.15. The van der Waals surface area contributed by atoms with Crippen LogP contribution in [0, 0.1) is 6.92 Å². The molecule has 2 heteroatoms. The van der Waals surface area contributed by atoms with Gasteiger partial charge in [0.2, 0.25) is 0 Å². The molecule has 1 N–H and O–H groups in total. The zero-order valence-electron chi connectivity index (χ0n) is 8.43. The van der Waals surface area contributed by atoms with Crippen molar-refractivity contribution >= 4 is 17.8 Å². The fraction of sp³-hybridized carbons (Fsp3) is 0. The Morgan fingerprint density at radius 2 is 1.53 bits per heavy atom. The summed E-state index contributed by atoms with van der Waals surface area (Å²) in [5.41, 5.74) is 2.71. The molecule has 0 amide bonds. The highest BCUT2D eigenvalue weighted by atomic mass is 16.2. The van der Waals surface area contributed by atoms with Crippen molar-refractivity contribution in [1.82, 2.24) is 0 Å². The van der Waals surface area contributed by atoms with Crippen LogP contribution in [0.3, 0.4) is 0 Å². The molecule has 0 aliphatic heterocycles. The first kappa shape index (κ1) is 10.00. The summed E-state index contributed by atoms with van der Waals surface area (Å²) in [4.78, 5) is 0. The lowest BCUT2D eigenvalue weighted by Gasteiger charge is -2.07. The van der Waals surface area contributed by atoms with Crippen LogP contribution in [-0.4, -0.2) is 11.9 Å². The molecule has 73 valence electrons. The van der Waals surface area contributed by atoms with Crippen LogP contribution in [0.5, 0.6) is 0 Å². The highest BCUT2D eigenvalue weighted by Crippen LogP contribution is 1.95. The predicted molar refractivity (Wildman–Crippen MR) is 64.6 cm³/mol. The minimum absolute atomic E-state index is 0.562. The zero-order chi connectivity index (χ0) is 10.7. The van der Waals surface area contributed by atoms with E-state index in [0.717, 1.165) is 16.5 Å². The van der Waals surface area contributed by atoms with E-state index in [1.165, 1.54) is 0 Å². The molecule has 0 unspecified atom stereocenters. The second-order valence-corrected chi connectivity index (χ2v) is 3.56. The third kappa shape index (κ3) is 2.28. The molecule has 2 aromatic rings. The van der Waals surface area contributed by atoms with Crippen LogP contribution in [0.2, 0.25) is 0 Å². The van der Waals surface area contributed by atoms with Gasteiger partial charge in [-0.2, -0.15) is 0 Å². The van der Waals surface area contributed by atoms with Crippen molar-refractivity contribution in [2.24, 2.45) is 0 Å². The molecule has 0 saturated carbocycles. The van der Waals surface area contributed by atoms with Gasteiger partial charge in [0.05, 0.1) is 0 Å². The van der Waals surface area contributed by atoms with Gasteiger partial charge in [0.25, 0.3) is 0 Å². The van der Waals surface area contributed by atoms with Crippen molar-refractivity contribution in [1.29, 1.82) is 0 Å². The lowest BCUT2D eigenvalue weighted by Crippen LogP contribution is -2.42. The SMILES string of the molecule is [CH2]c1cccc(B(O)c2ccccc2)c1. The average Bonchev–Trinajstić information content (AvgIpc) is 2.29. The van der Waals surface area contributed by atoms with Crippen molar-refractivity contribution in [3.63, 3.8) is 0 Å². The molecular weight excluding hydrogens is 183 g/mol. The van der Waals surface area contributed by atoms with E-state index in [1.807, 2.05) is 54.6 Å². The maximum atomic E-state index is 10.1. The van der Waals surface area contributed by atoms with Gasteiger partial charge >= 0.3 is 6.92 Å².